The summed E-state index contributed by atoms with van der Waals surface area (Å²) >= 11 is 2.12. The van der Waals surface area contributed by atoms with E-state index >= 15 is 0 Å². The van der Waals surface area contributed by atoms with Crippen molar-refractivity contribution in [1.29, 1.82) is 0 Å². The standard InChI is InChI=1S/C11H19IN4O/c1-4-16(5-2)7-6-13-11(17)10-9(12)8-15(3)14-10/h8H,4-7H2,1-3H3,(H,13,17). The maximum Gasteiger partial charge on any atom is 0.272 e. The molecule has 0 aliphatic heterocycles. The third-order valence-corrected chi connectivity index (χ3v) is 3.40. The molecule has 0 unspecified atom stereocenters. The number of likely N-dealkylation sites (N-methyl/N-ethyl adjacent to an activating group) is 1. The van der Waals surface area contributed by atoms with Gasteiger partial charge in [-0.3, -0.25) is 9.48 Å². The Bertz CT molecular complexity index is 374. The summed E-state index contributed by atoms with van der Waals surface area (Å²) < 4.78 is 2.53. The molecular weight excluding hydrogens is 331 g/mol. The van der Waals surface area contributed by atoms with Crippen molar-refractivity contribution in [3.05, 3.63) is 15.5 Å². The summed E-state index contributed by atoms with van der Waals surface area (Å²) in [6.45, 7) is 7.79. The monoisotopic (exact) mass is 350 g/mol. The van der Waals surface area contributed by atoms with Crippen molar-refractivity contribution in [3.8, 4) is 0 Å². The third kappa shape index (κ3) is 4.27. The van der Waals surface area contributed by atoms with Crippen LogP contribution in [-0.2, 0) is 7.05 Å². The van der Waals surface area contributed by atoms with Crippen LogP contribution in [0.2, 0.25) is 0 Å². The van der Waals surface area contributed by atoms with E-state index in [2.05, 4.69) is 51.8 Å². The lowest BCUT2D eigenvalue weighted by Crippen LogP contribution is -2.35. The van der Waals surface area contributed by atoms with Crippen molar-refractivity contribution >= 4 is 28.5 Å². The second-order valence-corrected chi connectivity index (χ2v) is 4.94. The average molecular weight is 350 g/mol. The van der Waals surface area contributed by atoms with E-state index < -0.39 is 0 Å². The van der Waals surface area contributed by atoms with Gasteiger partial charge in [-0.15, -0.1) is 0 Å². The van der Waals surface area contributed by atoms with Crippen LogP contribution < -0.4 is 5.32 Å². The number of amides is 1. The second kappa shape index (κ2) is 6.95. The van der Waals surface area contributed by atoms with Crippen LogP contribution in [0.3, 0.4) is 0 Å². The Morgan fingerprint density at radius 1 is 1.53 bits per heavy atom. The predicted octanol–water partition coefficient (Wildman–Crippen LogP) is 1.10. The first-order chi connectivity index (χ1) is 8.08. The van der Waals surface area contributed by atoms with E-state index in [1.165, 1.54) is 0 Å². The molecule has 1 amide bonds. The van der Waals surface area contributed by atoms with Crippen molar-refractivity contribution in [2.75, 3.05) is 26.2 Å². The first kappa shape index (κ1) is 14.4. The van der Waals surface area contributed by atoms with Crippen LogP contribution in [0.25, 0.3) is 0 Å². The molecule has 0 fully saturated rings. The molecule has 0 aliphatic rings. The SMILES string of the molecule is CCN(CC)CCNC(=O)c1nn(C)cc1I. The van der Waals surface area contributed by atoms with Crippen LogP contribution in [0, 0.1) is 3.57 Å². The van der Waals surface area contributed by atoms with Gasteiger partial charge in [0.1, 0.15) is 0 Å². The van der Waals surface area contributed by atoms with E-state index in [4.69, 9.17) is 0 Å². The normalized spacial score (nSPS) is 10.9. The lowest BCUT2D eigenvalue weighted by molar-refractivity contribution is 0.0942. The number of carbonyl (C=O) groups is 1. The van der Waals surface area contributed by atoms with Gasteiger partial charge >= 0.3 is 0 Å². The zero-order chi connectivity index (χ0) is 12.8. The number of hydrogen-bond acceptors (Lipinski definition) is 3. The highest BCUT2D eigenvalue weighted by atomic mass is 127. The van der Waals surface area contributed by atoms with Gasteiger partial charge in [0.2, 0.25) is 0 Å². The van der Waals surface area contributed by atoms with Gasteiger partial charge in [0, 0.05) is 26.3 Å². The topological polar surface area (TPSA) is 50.2 Å². The summed E-state index contributed by atoms with van der Waals surface area (Å²) in [5.74, 6) is -0.0952. The van der Waals surface area contributed by atoms with Crippen molar-refractivity contribution in [2.45, 2.75) is 13.8 Å². The minimum absolute atomic E-state index is 0.0952. The second-order valence-electron chi connectivity index (χ2n) is 3.78. The Balaban J connectivity index is 2.42. The third-order valence-electron chi connectivity index (χ3n) is 2.61. The zero-order valence-electron chi connectivity index (χ0n) is 10.5. The van der Waals surface area contributed by atoms with Crippen LogP contribution in [-0.4, -0.2) is 46.8 Å². The summed E-state index contributed by atoms with van der Waals surface area (Å²) in [5.41, 5.74) is 0.507. The van der Waals surface area contributed by atoms with E-state index in [1.54, 1.807) is 4.68 Å². The lowest BCUT2D eigenvalue weighted by atomic mass is 10.4. The van der Waals surface area contributed by atoms with Gasteiger partial charge in [0.05, 0.1) is 3.57 Å². The Morgan fingerprint density at radius 2 is 2.18 bits per heavy atom. The molecule has 1 aromatic heterocycles. The Morgan fingerprint density at radius 3 is 2.65 bits per heavy atom. The molecule has 6 heteroatoms. The molecule has 1 rings (SSSR count). The molecular formula is C11H19IN4O. The quantitative estimate of drug-likeness (QED) is 0.782. The number of nitrogens with one attached hydrogen (secondary N) is 1. The predicted molar refractivity (Wildman–Crippen MR) is 76.0 cm³/mol. The number of aromatic nitrogens is 2. The highest BCUT2D eigenvalue weighted by molar-refractivity contribution is 14.1. The van der Waals surface area contributed by atoms with Crippen molar-refractivity contribution in [3.63, 3.8) is 0 Å². The highest BCUT2D eigenvalue weighted by Crippen LogP contribution is 2.08. The Kier molecular flexibility index (Phi) is 5.90. The van der Waals surface area contributed by atoms with Crippen molar-refractivity contribution < 1.29 is 4.79 Å². The summed E-state index contributed by atoms with van der Waals surface area (Å²) in [6.07, 6.45) is 1.83. The molecule has 0 spiro atoms. The van der Waals surface area contributed by atoms with Gasteiger partial charge < -0.3 is 10.2 Å². The number of halogens is 1. The van der Waals surface area contributed by atoms with E-state index in [0.29, 0.717) is 12.2 Å². The molecule has 0 saturated heterocycles. The molecule has 0 saturated carbocycles. The van der Waals surface area contributed by atoms with Gasteiger partial charge in [-0.2, -0.15) is 5.10 Å². The summed E-state index contributed by atoms with van der Waals surface area (Å²) in [7, 11) is 1.81. The maximum atomic E-state index is 11.8. The first-order valence-corrected chi connectivity index (χ1v) is 6.86. The van der Waals surface area contributed by atoms with Gasteiger partial charge in [-0.1, -0.05) is 13.8 Å². The number of nitrogens with zero attached hydrogens (tertiary/aromatic N) is 3. The van der Waals surface area contributed by atoms with Gasteiger partial charge in [0.25, 0.3) is 5.91 Å². The number of carbonyl (C=O) groups excluding carboxylic acids is 1. The molecule has 0 aromatic carbocycles. The Hall–Kier alpha value is -0.630. The average Bonchev–Trinajstić information content (AvgIpc) is 2.64. The zero-order valence-corrected chi connectivity index (χ0v) is 12.7. The molecule has 1 aromatic rings. The van der Waals surface area contributed by atoms with Crippen molar-refractivity contribution in [1.82, 2.24) is 20.0 Å². The first-order valence-electron chi connectivity index (χ1n) is 5.78. The van der Waals surface area contributed by atoms with Crippen LogP contribution in [0.5, 0.6) is 0 Å². The fourth-order valence-electron chi connectivity index (χ4n) is 1.56. The van der Waals surface area contributed by atoms with Gasteiger partial charge in [-0.05, 0) is 35.7 Å². The molecule has 1 heterocycles. The summed E-state index contributed by atoms with van der Waals surface area (Å²) in [4.78, 5) is 14.1. The van der Waals surface area contributed by atoms with E-state index in [0.717, 1.165) is 23.2 Å². The Labute approximate surface area is 116 Å². The fraction of sp³-hybridized carbons (Fsp3) is 0.636. The molecule has 0 radical (unpaired) electrons. The lowest BCUT2D eigenvalue weighted by Gasteiger charge is -2.17. The van der Waals surface area contributed by atoms with Crippen LogP contribution in [0.4, 0.5) is 0 Å². The van der Waals surface area contributed by atoms with Gasteiger partial charge in [0.15, 0.2) is 5.69 Å². The largest absolute Gasteiger partial charge is 0.349 e. The number of hydrogen-bond donors (Lipinski definition) is 1. The molecule has 5 nitrogen and oxygen atoms in total. The minimum atomic E-state index is -0.0952. The molecule has 0 atom stereocenters. The van der Waals surface area contributed by atoms with Crippen LogP contribution in [0.1, 0.15) is 24.3 Å². The van der Waals surface area contributed by atoms with Crippen LogP contribution >= 0.6 is 22.6 Å². The fourth-order valence-corrected chi connectivity index (χ4v) is 2.32. The number of aryl methyl sites for hydroxylation is 1. The highest BCUT2D eigenvalue weighted by Gasteiger charge is 2.13. The maximum absolute atomic E-state index is 11.8. The van der Waals surface area contributed by atoms with Crippen LogP contribution in [0.15, 0.2) is 6.20 Å². The molecule has 0 aliphatic carbocycles. The smallest absolute Gasteiger partial charge is 0.272 e. The number of rotatable bonds is 6. The minimum Gasteiger partial charge on any atom is -0.349 e. The van der Waals surface area contributed by atoms with E-state index in [-0.39, 0.29) is 5.91 Å². The molecule has 1 N–H and O–H groups in total. The summed E-state index contributed by atoms with van der Waals surface area (Å²) in [5, 5.41) is 7.02. The molecule has 96 valence electrons. The van der Waals surface area contributed by atoms with E-state index in [9.17, 15) is 4.79 Å². The van der Waals surface area contributed by atoms with Crippen molar-refractivity contribution in [2.24, 2.45) is 7.05 Å². The molecule has 0 bridgehead atoms. The molecule has 17 heavy (non-hydrogen) atoms. The van der Waals surface area contributed by atoms with Gasteiger partial charge in [-0.25, -0.2) is 0 Å². The summed E-state index contributed by atoms with van der Waals surface area (Å²) in [6, 6.07) is 0. The van der Waals surface area contributed by atoms with E-state index in [1.807, 2.05) is 13.2 Å².